The van der Waals surface area contributed by atoms with Crippen LogP contribution in [0.3, 0.4) is 0 Å². The maximum Gasteiger partial charge on any atom is 0.223 e. The van der Waals surface area contributed by atoms with E-state index in [9.17, 15) is 9.90 Å². The molecule has 21 heavy (non-hydrogen) atoms. The third-order valence-electron chi connectivity index (χ3n) is 2.83. The van der Waals surface area contributed by atoms with E-state index in [-0.39, 0.29) is 12.5 Å². The summed E-state index contributed by atoms with van der Waals surface area (Å²) < 4.78 is 5.42. The smallest absolute Gasteiger partial charge is 0.223 e. The van der Waals surface area contributed by atoms with Gasteiger partial charge in [-0.05, 0) is 12.1 Å². The fourth-order valence-corrected chi connectivity index (χ4v) is 1.62. The van der Waals surface area contributed by atoms with Crippen LogP contribution in [0.25, 0.3) is 0 Å². The van der Waals surface area contributed by atoms with E-state index >= 15 is 0 Å². The first-order valence-electron chi connectivity index (χ1n) is 6.75. The van der Waals surface area contributed by atoms with Crippen molar-refractivity contribution < 1.29 is 14.6 Å². The van der Waals surface area contributed by atoms with Crippen molar-refractivity contribution in [2.24, 2.45) is 0 Å². The van der Waals surface area contributed by atoms with Crippen LogP contribution in [-0.2, 0) is 4.79 Å². The highest BCUT2D eigenvalue weighted by Gasteiger charge is 2.08. The monoisotopic (exact) mass is 291 g/mol. The van der Waals surface area contributed by atoms with Crippen molar-refractivity contribution in [3.05, 3.63) is 29.8 Å². The van der Waals surface area contributed by atoms with Crippen molar-refractivity contribution in [2.45, 2.75) is 12.5 Å². The number of nitrogens with zero attached hydrogens (tertiary/aromatic N) is 2. The van der Waals surface area contributed by atoms with Crippen LogP contribution in [0, 0.1) is 11.3 Å². The summed E-state index contributed by atoms with van der Waals surface area (Å²) in [5.41, 5.74) is 0.439. The zero-order valence-electron chi connectivity index (χ0n) is 12.4. The minimum Gasteiger partial charge on any atom is -0.489 e. The number of aliphatic hydroxyl groups is 1. The fraction of sp³-hybridized carbons (Fsp3) is 0.467. The Hall–Kier alpha value is -2.10. The number of benzene rings is 1. The van der Waals surface area contributed by atoms with Crippen molar-refractivity contribution in [1.82, 2.24) is 10.2 Å². The van der Waals surface area contributed by atoms with Crippen molar-refractivity contribution in [3.8, 4) is 11.8 Å². The topological polar surface area (TPSA) is 85.6 Å². The predicted molar refractivity (Wildman–Crippen MR) is 78.8 cm³/mol. The Morgan fingerprint density at radius 2 is 2.19 bits per heavy atom. The molecule has 0 bridgehead atoms. The number of nitriles is 1. The minimum absolute atomic E-state index is 0.0381. The Labute approximate surface area is 124 Å². The molecular weight excluding hydrogens is 270 g/mol. The Morgan fingerprint density at radius 3 is 2.86 bits per heavy atom. The second-order valence-electron chi connectivity index (χ2n) is 4.82. The van der Waals surface area contributed by atoms with Crippen molar-refractivity contribution in [3.63, 3.8) is 0 Å². The number of hydrogen-bond acceptors (Lipinski definition) is 5. The second kappa shape index (κ2) is 8.95. The van der Waals surface area contributed by atoms with Crippen LogP contribution in [0.4, 0.5) is 0 Å². The van der Waals surface area contributed by atoms with E-state index in [0.29, 0.717) is 30.8 Å². The molecule has 0 aliphatic heterocycles. The molecule has 2 N–H and O–H groups in total. The van der Waals surface area contributed by atoms with Crippen LogP contribution >= 0.6 is 0 Å². The number of amides is 1. The van der Waals surface area contributed by atoms with Gasteiger partial charge in [-0.25, -0.2) is 0 Å². The summed E-state index contributed by atoms with van der Waals surface area (Å²) in [4.78, 5) is 12.9. The normalized spacial score (nSPS) is 11.5. The van der Waals surface area contributed by atoms with Gasteiger partial charge in [-0.2, -0.15) is 5.26 Å². The lowest BCUT2D eigenvalue weighted by molar-refractivity contribution is -0.128. The number of ether oxygens (including phenoxy) is 1. The molecule has 0 saturated heterocycles. The first-order valence-corrected chi connectivity index (χ1v) is 6.75. The Kier molecular flexibility index (Phi) is 7.23. The van der Waals surface area contributed by atoms with Crippen molar-refractivity contribution >= 4 is 5.91 Å². The molecule has 1 amide bonds. The molecule has 0 radical (unpaired) electrons. The fourth-order valence-electron chi connectivity index (χ4n) is 1.62. The molecule has 1 aromatic carbocycles. The highest BCUT2D eigenvalue weighted by Crippen LogP contribution is 2.16. The number of aliphatic hydroxyl groups excluding tert-OH is 1. The molecule has 1 rings (SSSR count). The number of para-hydroxylation sites is 1. The zero-order chi connectivity index (χ0) is 15.7. The summed E-state index contributed by atoms with van der Waals surface area (Å²) in [6.45, 7) is 0.922. The molecule has 6 nitrogen and oxygen atoms in total. The third-order valence-corrected chi connectivity index (χ3v) is 2.83. The van der Waals surface area contributed by atoms with E-state index in [0.717, 1.165) is 0 Å². The summed E-state index contributed by atoms with van der Waals surface area (Å²) in [6.07, 6.45) is -0.316. The molecule has 0 aliphatic carbocycles. The van der Waals surface area contributed by atoms with Crippen LogP contribution in [0.15, 0.2) is 24.3 Å². The average molecular weight is 291 g/mol. The van der Waals surface area contributed by atoms with Crippen LogP contribution in [0.5, 0.6) is 5.75 Å². The zero-order valence-corrected chi connectivity index (χ0v) is 12.4. The van der Waals surface area contributed by atoms with Gasteiger partial charge in [-0.15, -0.1) is 0 Å². The van der Waals surface area contributed by atoms with E-state index in [4.69, 9.17) is 10.00 Å². The summed E-state index contributed by atoms with van der Waals surface area (Å²) in [5.74, 6) is 0.498. The van der Waals surface area contributed by atoms with Gasteiger partial charge in [0.25, 0.3) is 0 Å². The molecule has 1 aromatic rings. The third kappa shape index (κ3) is 6.25. The summed E-state index contributed by atoms with van der Waals surface area (Å²) in [6, 6.07) is 8.91. The molecular formula is C15H21N3O3. The van der Waals surface area contributed by atoms with Gasteiger partial charge in [0.2, 0.25) is 5.91 Å². The van der Waals surface area contributed by atoms with Crippen LogP contribution < -0.4 is 10.1 Å². The van der Waals surface area contributed by atoms with E-state index in [1.54, 1.807) is 38.4 Å². The molecule has 0 aliphatic rings. The van der Waals surface area contributed by atoms with Crippen molar-refractivity contribution in [1.29, 1.82) is 5.26 Å². The van der Waals surface area contributed by atoms with E-state index in [1.807, 2.05) is 6.07 Å². The van der Waals surface area contributed by atoms with Gasteiger partial charge in [0.05, 0.1) is 5.56 Å². The SMILES string of the molecule is CN(C)C(=O)CCNCC(O)COc1ccccc1C#N. The number of rotatable bonds is 8. The molecule has 6 heteroatoms. The van der Waals surface area contributed by atoms with Gasteiger partial charge in [0.1, 0.15) is 24.5 Å². The molecule has 0 saturated carbocycles. The van der Waals surface area contributed by atoms with E-state index < -0.39 is 6.10 Å². The van der Waals surface area contributed by atoms with Crippen LogP contribution in [-0.4, -0.2) is 55.8 Å². The van der Waals surface area contributed by atoms with Crippen molar-refractivity contribution in [2.75, 3.05) is 33.8 Å². The maximum atomic E-state index is 11.3. The number of nitrogens with one attached hydrogen (secondary N) is 1. The standard InChI is InChI=1S/C15H21N3O3/c1-18(2)15(20)7-8-17-10-13(19)11-21-14-6-4-3-5-12(14)9-16/h3-6,13,17,19H,7-8,10-11H2,1-2H3. The Bertz CT molecular complexity index is 497. The van der Waals surface area contributed by atoms with Gasteiger partial charge >= 0.3 is 0 Å². The van der Waals surface area contributed by atoms with Gasteiger partial charge < -0.3 is 20.1 Å². The number of hydrogen-bond donors (Lipinski definition) is 2. The number of carbonyl (C=O) groups is 1. The van der Waals surface area contributed by atoms with Crippen LogP contribution in [0.2, 0.25) is 0 Å². The van der Waals surface area contributed by atoms with Gasteiger partial charge in [0.15, 0.2) is 0 Å². The molecule has 0 fully saturated rings. The summed E-state index contributed by atoms with van der Waals surface area (Å²) >= 11 is 0. The molecule has 1 unspecified atom stereocenters. The lowest BCUT2D eigenvalue weighted by atomic mass is 10.2. The molecule has 0 heterocycles. The highest BCUT2D eigenvalue weighted by atomic mass is 16.5. The maximum absolute atomic E-state index is 11.3. The summed E-state index contributed by atoms with van der Waals surface area (Å²) in [7, 11) is 3.41. The number of carbonyl (C=O) groups excluding carboxylic acids is 1. The Balaban J connectivity index is 2.24. The van der Waals surface area contributed by atoms with E-state index in [1.165, 1.54) is 4.90 Å². The average Bonchev–Trinajstić information content (AvgIpc) is 2.49. The lowest BCUT2D eigenvalue weighted by Gasteiger charge is -2.14. The van der Waals surface area contributed by atoms with Gasteiger partial charge in [-0.3, -0.25) is 4.79 Å². The van der Waals surface area contributed by atoms with E-state index in [2.05, 4.69) is 5.32 Å². The van der Waals surface area contributed by atoms with Gasteiger partial charge in [0, 0.05) is 33.6 Å². The molecule has 114 valence electrons. The quantitative estimate of drug-likeness (QED) is 0.676. The Morgan fingerprint density at radius 1 is 1.48 bits per heavy atom. The minimum atomic E-state index is -0.703. The first kappa shape index (κ1) is 17.0. The van der Waals surface area contributed by atoms with Gasteiger partial charge in [-0.1, -0.05) is 12.1 Å². The highest BCUT2D eigenvalue weighted by molar-refractivity contribution is 5.75. The van der Waals surface area contributed by atoms with Crippen LogP contribution in [0.1, 0.15) is 12.0 Å². The molecule has 1 atom stereocenters. The largest absolute Gasteiger partial charge is 0.489 e. The molecule has 0 spiro atoms. The molecule has 0 aromatic heterocycles. The predicted octanol–water partition coefficient (Wildman–Crippen LogP) is 0.366. The lowest BCUT2D eigenvalue weighted by Crippen LogP contribution is -2.34. The first-order chi connectivity index (χ1) is 10.0. The summed E-state index contributed by atoms with van der Waals surface area (Å²) in [5, 5.41) is 21.7. The second-order valence-corrected chi connectivity index (χ2v) is 4.82.